The lowest BCUT2D eigenvalue weighted by Gasteiger charge is -2.07. The van der Waals surface area contributed by atoms with Crippen LogP contribution in [0.25, 0.3) is 0 Å². The van der Waals surface area contributed by atoms with Gasteiger partial charge in [0, 0.05) is 36.4 Å². The van der Waals surface area contributed by atoms with Crippen LogP contribution < -0.4 is 10.1 Å². The van der Waals surface area contributed by atoms with Crippen molar-refractivity contribution in [1.29, 1.82) is 0 Å². The molecule has 0 aliphatic heterocycles. The summed E-state index contributed by atoms with van der Waals surface area (Å²) in [5.74, 6) is 0.891. The van der Waals surface area contributed by atoms with Gasteiger partial charge in [0.15, 0.2) is 0 Å². The Balaban J connectivity index is 1.67. The minimum atomic E-state index is 0.654. The van der Waals surface area contributed by atoms with Crippen molar-refractivity contribution in [2.75, 3.05) is 13.2 Å². The van der Waals surface area contributed by atoms with E-state index in [2.05, 4.69) is 26.3 Å². The van der Waals surface area contributed by atoms with Crippen molar-refractivity contribution in [3.63, 3.8) is 0 Å². The van der Waals surface area contributed by atoms with Crippen molar-refractivity contribution in [3.8, 4) is 5.75 Å². The van der Waals surface area contributed by atoms with Crippen molar-refractivity contribution in [3.05, 3.63) is 46.2 Å². The normalized spacial score (nSPS) is 10.7. The van der Waals surface area contributed by atoms with Crippen LogP contribution in [0.2, 0.25) is 0 Å². The monoisotopic (exact) mass is 323 g/mol. The average Bonchev–Trinajstić information content (AvgIpc) is 2.70. The van der Waals surface area contributed by atoms with Crippen molar-refractivity contribution < 1.29 is 4.74 Å². The van der Waals surface area contributed by atoms with Gasteiger partial charge in [0.2, 0.25) is 0 Å². The second-order valence-corrected chi connectivity index (χ2v) is 5.31. The predicted molar refractivity (Wildman–Crippen MR) is 79.3 cm³/mol. The van der Waals surface area contributed by atoms with Crippen molar-refractivity contribution in [1.82, 2.24) is 15.1 Å². The Morgan fingerprint density at radius 1 is 1.32 bits per heavy atom. The van der Waals surface area contributed by atoms with Crippen LogP contribution >= 0.6 is 15.9 Å². The van der Waals surface area contributed by atoms with Gasteiger partial charge in [0.05, 0.1) is 5.69 Å². The Bertz CT molecular complexity index is 522. The number of halogens is 1. The maximum atomic E-state index is 5.63. The molecule has 0 spiro atoms. The SMILES string of the molecule is Cc1nn(C)cc1CNCCOc1ccc(Br)cc1. The second-order valence-electron chi connectivity index (χ2n) is 4.39. The molecule has 0 aliphatic rings. The van der Waals surface area contributed by atoms with E-state index < -0.39 is 0 Å². The quantitative estimate of drug-likeness (QED) is 0.831. The number of hydrogen-bond donors (Lipinski definition) is 1. The smallest absolute Gasteiger partial charge is 0.119 e. The van der Waals surface area contributed by atoms with Gasteiger partial charge in [-0.15, -0.1) is 0 Å². The fourth-order valence-electron chi connectivity index (χ4n) is 1.82. The number of nitrogens with zero attached hydrogens (tertiary/aromatic N) is 2. The predicted octanol–water partition coefficient (Wildman–Crippen LogP) is 2.66. The van der Waals surface area contributed by atoms with Crippen molar-refractivity contribution in [2.24, 2.45) is 7.05 Å². The second kappa shape index (κ2) is 6.73. The van der Waals surface area contributed by atoms with E-state index in [1.54, 1.807) is 0 Å². The average molecular weight is 324 g/mol. The van der Waals surface area contributed by atoms with E-state index in [0.29, 0.717) is 6.61 Å². The van der Waals surface area contributed by atoms with E-state index in [-0.39, 0.29) is 0 Å². The summed E-state index contributed by atoms with van der Waals surface area (Å²) in [6, 6.07) is 7.86. The summed E-state index contributed by atoms with van der Waals surface area (Å²) in [5.41, 5.74) is 2.30. The van der Waals surface area contributed by atoms with E-state index in [9.17, 15) is 0 Å². The Hall–Kier alpha value is -1.33. The first-order valence-corrected chi connectivity index (χ1v) is 7.02. The highest BCUT2D eigenvalue weighted by Gasteiger charge is 2.01. The third-order valence-electron chi connectivity index (χ3n) is 2.79. The maximum Gasteiger partial charge on any atom is 0.119 e. The summed E-state index contributed by atoms with van der Waals surface area (Å²) in [6.07, 6.45) is 2.04. The Kier molecular flexibility index (Phi) is 4.99. The number of aryl methyl sites for hydroxylation is 2. The molecule has 1 heterocycles. The van der Waals surface area contributed by atoms with E-state index in [0.717, 1.165) is 29.0 Å². The van der Waals surface area contributed by atoms with Crippen LogP contribution in [0.15, 0.2) is 34.9 Å². The first-order chi connectivity index (χ1) is 9.15. The summed E-state index contributed by atoms with van der Waals surface area (Å²) in [5, 5.41) is 7.66. The third kappa shape index (κ3) is 4.36. The highest BCUT2D eigenvalue weighted by atomic mass is 79.9. The van der Waals surface area contributed by atoms with Gasteiger partial charge < -0.3 is 10.1 Å². The minimum Gasteiger partial charge on any atom is -0.492 e. The Morgan fingerprint density at radius 3 is 2.68 bits per heavy atom. The van der Waals surface area contributed by atoms with Crippen LogP contribution in [0.4, 0.5) is 0 Å². The molecule has 4 nitrogen and oxygen atoms in total. The van der Waals surface area contributed by atoms with Crippen LogP contribution in [-0.4, -0.2) is 22.9 Å². The van der Waals surface area contributed by atoms with E-state index in [1.807, 2.05) is 49.1 Å². The molecular weight excluding hydrogens is 306 g/mol. The first-order valence-electron chi connectivity index (χ1n) is 6.23. The molecule has 0 saturated heterocycles. The summed E-state index contributed by atoms with van der Waals surface area (Å²) >= 11 is 3.40. The largest absolute Gasteiger partial charge is 0.492 e. The van der Waals surface area contributed by atoms with E-state index in [4.69, 9.17) is 4.74 Å². The zero-order valence-electron chi connectivity index (χ0n) is 11.2. The maximum absolute atomic E-state index is 5.63. The molecule has 0 fully saturated rings. The van der Waals surface area contributed by atoms with E-state index >= 15 is 0 Å². The van der Waals surface area contributed by atoms with Gasteiger partial charge in [-0.25, -0.2) is 0 Å². The molecule has 1 N–H and O–H groups in total. The molecule has 0 unspecified atom stereocenters. The highest BCUT2D eigenvalue weighted by Crippen LogP contribution is 2.15. The van der Waals surface area contributed by atoms with Crippen LogP contribution in [-0.2, 0) is 13.6 Å². The molecular formula is C14H18BrN3O. The number of benzene rings is 1. The number of ether oxygens (including phenoxy) is 1. The fourth-order valence-corrected chi connectivity index (χ4v) is 2.08. The van der Waals surface area contributed by atoms with Crippen molar-refractivity contribution >= 4 is 15.9 Å². The molecule has 5 heteroatoms. The highest BCUT2D eigenvalue weighted by molar-refractivity contribution is 9.10. The number of hydrogen-bond acceptors (Lipinski definition) is 3. The van der Waals surface area contributed by atoms with Gasteiger partial charge in [-0.3, -0.25) is 4.68 Å². The fraction of sp³-hybridized carbons (Fsp3) is 0.357. The Labute approximate surface area is 121 Å². The number of rotatable bonds is 6. The van der Waals surface area contributed by atoms with Gasteiger partial charge in [0.25, 0.3) is 0 Å². The molecule has 2 aromatic rings. The van der Waals surface area contributed by atoms with Gasteiger partial charge in [-0.05, 0) is 31.2 Å². The molecule has 1 aromatic carbocycles. The molecule has 0 aliphatic carbocycles. The summed E-state index contributed by atoms with van der Waals surface area (Å²) < 4.78 is 8.53. The lowest BCUT2D eigenvalue weighted by atomic mass is 10.2. The third-order valence-corrected chi connectivity index (χ3v) is 3.32. The summed E-state index contributed by atoms with van der Waals surface area (Å²) in [4.78, 5) is 0. The summed E-state index contributed by atoms with van der Waals surface area (Å²) in [7, 11) is 1.94. The molecule has 19 heavy (non-hydrogen) atoms. The van der Waals surface area contributed by atoms with Gasteiger partial charge >= 0.3 is 0 Å². The van der Waals surface area contributed by atoms with E-state index in [1.165, 1.54) is 5.56 Å². The Morgan fingerprint density at radius 2 is 2.05 bits per heavy atom. The van der Waals surface area contributed by atoms with Crippen LogP contribution in [0.1, 0.15) is 11.3 Å². The molecule has 0 atom stereocenters. The first kappa shape index (κ1) is 14.1. The number of aromatic nitrogens is 2. The van der Waals surface area contributed by atoms with Gasteiger partial charge in [-0.1, -0.05) is 15.9 Å². The molecule has 102 valence electrons. The number of nitrogens with one attached hydrogen (secondary N) is 1. The minimum absolute atomic E-state index is 0.654. The topological polar surface area (TPSA) is 39.1 Å². The van der Waals surface area contributed by atoms with Gasteiger partial charge in [-0.2, -0.15) is 5.10 Å². The van der Waals surface area contributed by atoms with Crippen molar-refractivity contribution in [2.45, 2.75) is 13.5 Å². The van der Waals surface area contributed by atoms with Crippen LogP contribution in [0.5, 0.6) is 5.75 Å². The molecule has 0 amide bonds. The van der Waals surface area contributed by atoms with Gasteiger partial charge in [0.1, 0.15) is 12.4 Å². The summed E-state index contributed by atoms with van der Waals surface area (Å²) in [6.45, 7) is 4.31. The zero-order valence-corrected chi connectivity index (χ0v) is 12.8. The lowest BCUT2D eigenvalue weighted by molar-refractivity contribution is 0.313. The zero-order chi connectivity index (χ0) is 13.7. The molecule has 0 radical (unpaired) electrons. The molecule has 1 aromatic heterocycles. The standard InChI is InChI=1S/C14H18BrN3O/c1-11-12(10-18(2)17-11)9-16-7-8-19-14-5-3-13(15)4-6-14/h3-6,10,16H,7-9H2,1-2H3. The van der Waals surface area contributed by atoms with Crippen LogP contribution in [0.3, 0.4) is 0 Å². The van der Waals surface area contributed by atoms with Crippen LogP contribution in [0, 0.1) is 6.92 Å². The lowest BCUT2D eigenvalue weighted by Crippen LogP contribution is -2.20. The molecule has 0 bridgehead atoms. The molecule has 2 rings (SSSR count). The molecule has 0 saturated carbocycles.